The Hall–Kier alpha value is -3.32. The minimum atomic E-state index is 0.419. The van der Waals surface area contributed by atoms with Gasteiger partial charge >= 0.3 is 0 Å². The van der Waals surface area contributed by atoms with Crippen LogP contribution in [0.2, 0.25) is 0 Å². The van der Waals surface area contributed by atoms with Crippen LogP contribution in [0.15, 0.2) is 121 Å². The quantitative estimate of drug-likeness (QED) is 0.329. The second kappa shape index (κ2) is 9.75. The van der Waals surface area contributed by atoms with E-state index < -0.39 is 0 Å². The molecule has 0 aliphatic carbocycles. The molecule has 0 radical (unpaired) electrons. The molecule has 0 aliphatic heterocycles. The van der Waals surface area contributed by atoms with E-state index in [-0.39, 0.29) is 0 Å². The van der Waals surface area contributed by atoms with E-state index in [4.69, 9.17) is 0 Å². The fraction of sp³-hybridized carbons (Fsp3) is 0.143. The van der Waals surface area contributed by atoms with Gasteiger partial charge in [0.05, 0.1) is 0 Å². The van der Waals surface area contributed by atoms with Crippen LogP contribution in [-0.4, -0.2) is 6.54 Å². The Morgan fingerprint density at radius 1 is 0.517 bits per heavy atom. The summed E-state index contributed by atoms with van der Waals surface area (Å²) in [7, 11) is 0. The Morgan fingerprint density at radius 2 is 1.00 bits per heavy atom. The van der Waals surface area contributed by atoms with Gasteiger partial charge in [-0.2, -0.15) is 0 Å². The molecule has 1 nitrogen and oxygen atoms in total. The van der Waals surface area contributed by atoms with E-state index in [1.54, 1.807) is 0 Å². The van der Waals surface area contributed by atoms with Crippen molar-refractivity contribution >= 4 is 5.69 Å². The van der Waals surface area contributed by atoms with Crippen molar-refractivity contribution in [2.24, 2.45) is 0 Å². The van der Waals surface area contributed by atoms with Gasteiger partial charge in [0.25, 0.3) is 0 Å². The molecule has 0 aliphatic rings. The zero-order chi connectivity index (χ0) is 19.7. The van der Waals surface area contributed by atoms with Gasteiger partial charge in [-0.05, 0) is 35.2 Å². The predicted molar refractivity (Wildman–Crippen MR) is 123 cm³/mol. The summed E-state index contributed by atoms with van der Waals surface area (Å²) in [5, 5.41) is 0. The lowest BCUT2D eigenvalue weighted by Gasteiger charge is -2.30. The third kappa shape index (κ3) is 5.36. The first-order valence-electron chi connectivity index (χ1n) is 10.3. The van der Waals surface area contributed by atoms with Gasteiger partial charge in [-0.1, -0.05) is 109 Å². The van der Waals surface area contributed by atoms with E-state index in [0.717, 1.165) is 19.5 Å². The van der Waals surface area contributed by atoms with Crippen molar-refractivity contribution in [3.8, 4) is 0 Å². The normalized spacial score (nSPS) is 11.7. The molecule has 0 saturated heterocycles. The molecular weight excluding hydrogens is 350 g/mol. The van der Waals surface area contributed by atoms with Crippen molar-refractivity contribution in [3.63, 3.8) is 0 Å². The van der Waals surface area contributed by atoms with Crippen LogP contribution in [0.25, 0.3) is 0 Å². The second-order valence-electron chi connectivity index (χ2n) is 7.50. The number of nitrogens with zero attached hydrogens (tertiary/aromatic N) is 1. The maximum atomic E-state index is 2.51. The Kier molecular flexibility index (Phi) is 6.39. The number of para-hydroxylation sites is 1. The molecule has 0 N–H and O–H groups in total. The highest BCUT2D eigenvalue weighted by molar-refractivity contribution is 5.47. The fourth-order valence-corrected chi connectivity index (χ4v) is 3.88. The van der Waals surface area contributed by atoms with E-state index >= 15 is 0 Å². The topological polar surface area (TPSA) is 3.24 Å². The van der Waals surface area contributed by atoms with E-state index in [9.17, 15) is 0 Å². The smallest absolute Gasteiger partial charge is 0.0429 e. The van der Waals surface area contributed by atoms with E-state index in [0.29, 0.717) is 5.92 Å². The van der Waals surface area contributed by atoms with Crippen LogP contribution in [0.4, 0.5) is 5.69 Å². The molecule has 144 valence electrons. The Labute approximate surface area is 174 Å². The predicted octanol–water partition coefficient (Wildman–Crippen LogP) is 6.72. The van der Waals surface area contributed by atoms with Crippen LogP contribution in [0.1, 0.15) is 22.6 Å². The first-order chi connectivity index (χ1) is 14.4. The van der Waals surface area contributed by atoms with Crippen molar-refractivity contribution in [1.82, 2.24) is 0 Å². The first kappa shape index (κ1) is 19.0. The standard InChI is InChI=1S/C28H27N/c1-5-13-24(14-6-1)21-27(26-17-9-3-10-18-26)23-29(28-19-11-4-12-20-28)22-25-15-7-2-8-16-25/h1-20,27H,21-23H2. The second-order valence-corrected chi connectivity index (χ2v) is 7.50. The van der Waals surface area contributed by atoms with Crippen LogP contribution in [-0.2, 0) is 13.0 Å². The zero-order valence-electron chi connectivity index (χ0n) is 16.7. The van der Waals surface area contributed by atoms with Crippen LogP contribution < -0.4 is 4.90 Å². The highest BCUT2D eigenvalue weighted by atomic mass is 15.1. The Morgan fingerprint density at radius 3 is 1.59 bits per heavy atom. The van der Waals surface area contributed by atoms with Crippen LogP contribution >= 0.6 is 0 Å². The summed E-state index contributed by atoms with van der Waals surface area (Å²) in [6.07, 6.45) is 1.03. The van der Waals surface area contributed by atoms with Gasteiger partial charge in [0.2, 0.25) is 0 Å². The van der Waals surface area contributed by atoms with Gasteiger partial charge in [-0.3, -0.25) is 0 Å². The summed E-state index contributed by atoms with van der Waals surface area (Å²) in [6.45, 7) is 1.88. The van der Waals surface area contributed by atoms with E-state index in [1.807, 2.05) is 0 Å². The van der Waals surface area contributed by atoms with Crippen molar-refractivity contribution in [2.45, 2.75) is 18.9 Å². The van der Waals surface area contributed by atoms with Gasteiger partial charge in [-0.25, -0.2) is 0 Å². The average Bonchev–Trinajstić information content (AvgIpc) is 2.81. The lowest BCUT2D eigenvalue weighted by atomic mass is 9.91. The molecule has 0 aromatic heterocycles. The number of hydrogen-bond donors (Lipinski definition) is 0. The Balaban J connectivity index is 1.64. The van der Waals surface area contributed by atoms with Crippen molar-refractivity contribution in [3.05, 3.63) is 138 Å². The van der Waals surface area contributed by atoms with E-state index in [1.165, 1.54) is 22.4 Å². The molecule has 4 rings (SSSR count). The molecule has 0 saturated carbocycles. The molecule has 1 atom stereocenters. The summed E-state index contributed by atoms with van der Waals surface area (Å²) in [6, 6.07) is 43.3. The van der Waals surface area contributed by atoms with Gasteiger partial charge in [0, 0.05) is 24.7 Å². The van der Waals surface area contributed by atoms with Gasteiger partial charge < -0.3 is 4.90 Å². The lowest BCUT2D eigenvalue weighted by Crippen LogP contribution is -2.29. The van der Waals surface area contributed by atoms with Gasteiger partial charge in [0.1, 0.15) is 0 Å². The summed E-state index contributed by atoms with van der Waals surface area (Å²) < 4.78 is 0. The average molecular weight is 378 g/mol. The summed E-state index contributed by atoms with van der Waals surface area (Å²) in [5.74, 6) is 0.419. The number of hydrogen-bond acceptors (Lipinski definition) is 1. The van der Waals surface area contributed by atoms with E-state index in [2.05, 4.69) is 126 Å². The molecule has 4 aromatic carbocycles. The first-order valence-corrected chi connectivity index (χ1v) is 10.3. The molecular formula is C28H27N. The monoisotopic (exact) mass is 377 g/mol. The molecule has 0 fully saturated rings. The van der Waals surface area contributed by atoms with Crippen molar-refractivity contribution in [2.75, 3.05) is 11.4 Å². The number of benzene rings is 4. The fourth-order valence-electron chi connectivity index (χ4n) is 3.88. The maximum absolute atomic E-state index is 2.51. The van der Waals surface area contributed by atoms with Crippen LogP contribution in [0.3, 0.4) is 0 Å². The summed E-state index contributed by atoms with van der Waals surface area (Å²) in [5.41, 5.74) is 5.38. The van der Waals surface area contributed by atoms with Crippen molar-refractivity contribution < 1.29 is 0 Å². The third-order valence-corrected chi connectivity index (χ3v) is 5.37. The summed E-state index contributed by atoms with van der Waals surface area (Å²) in [4.78, 5) is 2.51. The number of anilines is 1. The molecule has 0 heterocycles. The molecule has 0 spiro atoms. The SMILES string of the molecule is c1ccc(CC(CN(Cc2ccccc2)c2ccccc2)c2ccccc2)cc1. The molecule has 1 unspecified atom stereocenters. The van der Waals surface area contributed by atoms with Crippen LogP contribution in [0.5, 0.6) is 0 Å². The highest BCUT2D eigenvalue weighted by Gasteiger charge is 2.18. The number of rotatable bonds is 8. The maximum Gasteiger partial charge on any atom is 0.0429 e. The Bertz CT molecular complexity index is 883. The minimum Gasteiger partial charge on any atom is -0.367 e. The molecule has 0 bridgehead atoms. The third-order valence-electron chi connectivity index (χ3n) is 5.37. The minimum absolute atomic E-state index is 0.419. The van der Waals surface area contributed by atoms with Crippen molar-refractivity contribution in [1.29, 1.82) is 0 Å². The van der Waals surface area contributed by atoms with Gasteiger partial charge in [-0.15, -0.1) is 0 Å². The zero-order valence-corrected chi connectivity index (χ0v) is 16.7. The molecule has 1 heteroatoms. The molecule has 0 amide bonds. The summed E-state index contributed by atoms with van der Waals surface area (Å²) >= 11 is 0. The molecule has 4 aromatic rings. The lowest BCUT2D eigenvalue weighted by molar-refractivity contribution is 0.637. The molecule has 29 heavy (non-hydrogen) atoms. The van der Waals surface area contributed by atoms with Gasteiger partial charge in [0.15, 0.2) is 0 Å². The highest BCUT2D eigenvalue weighted by Crippen LogP contribution is 2.26. The largest absolute Gasteiger partial charge is 0.367 e. The van der Waals surface area contributed by atoms with Crippen LogP contribution in [0, 0.1) is 0 Å².